The van der Waals surface area contributed by atoms with Gasteiger partial charge in [-0.2, -0.15) is 4.98 Å². The van der Waals surface area contributed by atoms with Gasteiger partial charge in [0.25, 0.3) is 5.78 Å². The number of anilines is 2. The molecule has 0 bridgehead atoms. The summed E-state index contributed by atoms with van der Waals surface area (Å²) in [5, 5.41) is 5.93. The number of aryl methyl sites for hydroxylation is 1. The van der Waals surface area contributed by atoms with Gasteiger partial charge < -0.3 is 5.32 Å². The van der Waals surface area contributed by atoms with Crippen molar-refractivity contribution in [3.05, 3.63) is 53.6 Å². The molecule has 2 aromatic heterocycles. The van der Waals surface area contributed by atoms with Crippen molar-refractivity contribution in [2.24, 2.45) is 0 Å². The van der Waals surface area contributed by atoms with E-state index in [2.05, 4.69) is 20.4 Å². The fourth-order valence-corrected chi connectivity index (χ4v) is 2.36. The summed E-state index contributed by atoms with van der Waals surface area (Å²) in [6.07, 6.45) is 0. The zero-order valence-electron chi connectivity index (χ0n) is 11.6. The number of aromatic nitrogens is 4. The van der Waals surface area contributed by atoms with E-state index >= 15 is 0 Å². The van der Waals surface area contributed by atoms with Gasteiger partial charge in [0.2, 0.25) is 5.95 Å². The number of fused-ring (bicyclic) bond motifs is 3. The average molecular weight is 299 g/mol. The first-order valence-electron chi connectivity index (χ1n) is 6.67. The Morgan fingerprint density at radius 2 is 1.91 bits per heavy atom. The van der Waals surface area contributed by atoms with Crippen molar-refractivity contribution < 1.29 is 8.78 Å². The first-order chi connectivity index (χ1) is 10.6. The van der Waals surface area contributed by atoms with E-state index < -0.39 is 11.6 Å². The Labute approximate surface area is 123 Å². The Hall–Kier alpha value is -2.96. The number of halogens is 2. The Kier molecular flexibility index (Phi) is 2.62. The third-order valence-electron chi connectivity index (χ3n) is 3.40. The quantitative estimate of drug-likeness (QED) is 0.595. The SMILES string of the molecule is Cc1ccc2c(c1)nc1nc(Nc3ccc(F)c(F)c3)[nH]n12. The molecule has 22 heavy (non-hydrogen) atoms. The van der Waals surface area contributed by atoms with Gasteiger partial charge in [-0.3, -0.25) is 5.10 Å². The van der Waals surface area contributed by atoms with Crippen LogP contribution >= 0.6 is 0 Å². The van der Waals surface area contributed by atoms with Crippen LogP contribution in [0.5, 0.6) is 0 Å². The van der Waals surface area contributed by atoms with Crippen LogP contribution in [0.1, 0.15) is 5.56 Å². The molecule has 7 heteroatoms. The molecule has 110 valence electrons. The highest BCUT2D eigenvalue weighted by molar-refractivity contribution is 5.80. The Balaban J connectivity index is 1.74. The first kappa shape index (κ1) is 12.8. The van der Waals surface area contributed by atoms with Crippen LogP contribution in [0.4, 0.5) is 20.4 Å². The summed E-state index contributed by atoms with van der Waals surface area (Å²) in [4.78, 5) is 8.71. The summed E-state index contributed by atoms with van der Waals surface area (Å²) in [5.41, 5.74) is 3.26. The second-order valence-corrected chi connectivity index (χ2v) is 5.07. The fourth-order valence-electron chi connectivity index (χ4n) is 2.36. The van der Waals surface area contributed by atoms with Crippen LogP contribution in [0.25, 0.3) is 16.8 Å². The van der Waals surface area contributed by atoms with Gasteiger partial charge in [0.05, 0.1) is 11.0 Å². The summed E-state index contributed by atoms with van der Waals surface area (Å²) >= 11 is 0. The number of rotatable bonds is 2. The first-order valence-corrected chi connectivity index (χ1v) is 6.67. The lowest BCUT2D eigenvalue weighted by Crippen LogP contribution is -1.95. The molecule has 5 nitrogen and oxygen atoms in total. The molecule has 0 saturated carbocycles. The smallest absolute Gasteiger partial charge is 0.253 e. The van der Waals surface area contributed by atoms with E-state index in [9.17, 15) is 8.78 Å². The van der Waals surface area contributed by atoms with Gasteiger partial charge in [-0.25, -0.2) is 18.3 Å². The second-order valence-electron chi connectivity index (χ2n) is 5.07. The summed E-state index contributed by atoms with van der Waals surface area (Å²) < 4.78 is 27.9. The van der Waals surface area contributed by atoms with Crippen LogP contribution < -0.4 is 5.32 Å². The van der Waals surface area contributed by atoms with Crippen molar-refractivity contribution >= 4 is 28.4 Å². The monoisotopic (exact) mass is 299 g/mol. The summed E-state index contributed by atoms with van der Waals surface area (Å²) in [6, 6.07) is 9.47. The normalized spacial score (nSPS) is 11.4. The molecular weight excluding hydrogens is 288 g/mol. The number of hydrogen-bond acceptors (Lipinski definition) is 3. The number of benzene rings is 2. The highest BCUT2D eigenvalue weighted by Gasteiger charge is 2.10. The van der Waals surface area contributed by atoms with Gasteiger partial charge in [0.15, 0.2) is 11.6 Å². The van der Waals surface area contributed by atoms with Crippen molar-refractivity contribution in [2.45, 2.75) is 6.92 Å². The molecule has 0 radical (unpaired) electrons. The Morgan fingerprint density at radius 3 is 2.73 bits per heavy atom. The minimum atomic E-state index is -0.915. The number of nitrogens with zero attached hydrogens (tertiary/aromatic N) is 3. The third kappa shape index (κ3) is 1.98. The molecule has 0 aliphatic carbocycles. The minimum absolute atomic E-state index is 0.399. The standard InChI is InChI=1S/C15H11F2N5/c1-8-2-5-13-12(6-8)19-15-20-14(21-22(13)15)18-9-3-4-10(16)11(17)7-9/h2-7H,1H3,(H2,18,19,20,21). The van der Waals surface area contributed by atoms with E-state index in [1.807, 2.05) is 25.1 Å². The predicted octanol–water partition coefficient (Wildman–Crippen LogP) is 3.54. The number of nitrogens with one attached hydrogen (secondary N) is 2. The van der Waals surface area contributed by atoms with E-state index in [1.165, 1.54) is 6.07 Å². The molecule has 0 unspecified atom stereocenters. The van der Waals surface area contributed by atoms with Crippen LogP contribution in [0.2, 0.25) is 0 Å². The summed E-state index contributed by atoms with van der Waals surface area (Å²) in [6.45, 7) is 2.00. The summed E-state index contributed by atoms with van der Waals surface area (Å²) in [5.74, 6) is -0.898. The minimum Gasteiger partial charge on any atom is -0.324 e. The predicted molar refractivity (Wildman–Crippen MR) is 79.2 cm³/mol. The van der Waals surface area contributed by atoms with Crippen molar-refractivity contribution in [1.29, 1.82) is 0 Å². The lowest BCUT2D eigenvalue weighted by atomic mass is 10.2. The molecule has 0 amide bonds. The third-order valence-corrected chi connectivity index (χ3v) is 3.40. The fraction of sp³-hybridized carbons (Fsp3) is 0.0667. The topological polar surface area (TPSA) is 58.0 Å². The van der Waals surface area contributed by atoms with Gasteiger partial charge in [-0.1, -0.05) is 6.07 Å². The number of imidazole rings is 1. The molecular formula is C15H11F2N5. The van der Waals surface area contributed by atoms with Crippen molar-refractivity contribution in [1.82, 2.24) is 19.6 Å². The van der Waals surface area contributed by atoms with Crippen molar-refractivity contribution in [2.75, 3.05) is 5.32 Å². The van der Waals surface area contributed by atoms with E-state index in [0.717, 1.165) is 28.7 Å². The molecule has 0 fully saturated rings. The summed E-state index contributed by atoms with van der Waals surface area (Å²) in [7, 11) is 0. The molecule has 0 spiro atoms. The van der Waals surface area contributed by atoms with E-state index in [-0.39, 0.29) is 0 Å². The largest absolute Gasteiger partial charge is 0.324 e. The maximum Gasteiger partial charge on any atom is 0.253 e. The Bertz CT molecular complexity index is 1000. The number of hydrogen-bond donors (Lipinski definition) is 2. The maximum absolute atomic E-state index is 13.2. The van der Waals surface area contributed by atoms with E-state index in [1.54, 1.807) is 4.52 Å². The highest BCUT2D eigenvalue weighted by atomic mass is 19.2. The van der Waals surface area contributed by atoms with Gasteiger partial charge in [-0.15, -0.1) is 0 Å². The van der Waals surface area contributed by atoms with Gasteiger partial charge in [-0.05, 0) is 36.8 Å². The second kappa shape index (κ2) is 4.52. The zero-order valence-corrected chi connectivity index (χ0v) is 11.6. The molecule has 2 N–H and O–H groups in total. The number of aromatic amines is 1. The van der Waals surface area contributed by atoms with Crippen molar-refractivity contribution in [3.63, 3.8) is 0 Å². The molecule has 0 aliphatic heterocycles. The van der Waals surface area contributed by atoms with Crippen LogP contribution in [-0.4, -0.2) is 19.6 Å². The van der Waals surface area contributed by atoms with Crippen LogP contribution in [0.15, 0.2) is 36.4 Å². The zero-order chi connectivity index (χ0) is 15.3. The lowest BCUT2D eigenvalue weighted by molar-refractivity contribution is 0.509. The molecule has 0 saturated heterocycles. The van der Waals surface area contributed by atoms with Crippen LogP contribution in [0, 0.1) is 18.6 Å². The molecule has 0 aliphatic rings. The van der Waals surface area contributed by atoms with E-state index in [4.69, 9.17) is 0 Å². The Morgan fingerprint density at radius 1 is 1.05 bits per heavy atom. The average Bonchev–Trinajstić information content (AvgIpc) is 2.99. The molecule has 4 rings (SSSR count). The molecule has 4 aromatic rings. The molecule has 2 aromatic carbocycles. The molecule has 2 heterocycles. The van der Waals surface area contributed by atoms with Crippen molar-refractivity contribution in [3.8, 4) is 0 Å². The highest BCUT2D eigenvalue weighted by Crippen LogP contribution is 2.20. The van der Waals surface area contributed by atoms with Gasteiger partial charge in [0.1, 0.15) is 0 Å². The van der Waals surface area contributed by atoms with Crippen LogP contribution in [0.3, 0.4) is 0 Å². The molecule has 0 atom stereocenters. The number of H-pyrrole nitrogens is 1. The van der Waals surface area contributed by atoms with Gasteiger partial charge in [0, 0.05) is 11.8 Å². The van der Waals surface area contributed by atoms with E-state index in [0.29, 0.717) is 17.4 Å². The van der Waals surface area contributed by atoms with Gasteiger partial charge >= 0.3 is 0 Å². The van der Waals surface area contributed by atoms with Crippen LogP contribution in [-0.2, 0) is 0 Å². The lowest BCUT2D eigenvalue weighted by Gasteiger charge is -2.02. The maximum atomic E-state index is 13.2.